The number of phenolic OH excluding ortho intramolecular Hbond substituents is 1. The van der Waals surface area contributed by atoms with Gasteiger partial charge in [0.1, 0.15) is 5.75 Å². The van der Waals surface area contributed by atoms with Crippen LogP contribution in [0.2, 0.25) is 0 Å². The third kappa shape index (κ3) is 3.06. The van der Waals surface area contributed by atoms with E-state index in [0.717, 1.165) is 12.7 Å². The third-order valence-electron chi connectivity index (χ3n) is 6.89. The Morgan fingerprint density at radius 1 is 1.15 bits per heavy atom. The average molecular weight is 512 g/mol. The summed E-state index contributed by atoms with van der Waals surface area (Å²) < 4.78 is 4.76. The lowest BCUT2D eigenvalue weighted by molar-refractivity contribution is -0.137. The number of fused-ring (bicyclic) bond motifs is 3. The van der Waals surface area contributed by atoms with Gasteiger partial charge in [-0.1, -0.05) is 23.8 Å². The molecular formula is C24H18BrNO7. The number of benzene rings is 1. The Morgan fingerprint density at radius 3 is 2.61 bits per heavy atom. The number of hydrogen-bond acceptors (Lipinski definition) is 7. The first-order chi connectivity index (χ1) is 15.7. The molecule has 4 atom stereocenters. The van der Waals surface area contributed by atoms with Gasteiger partial charge in [0.2, 0.25) is 11.8 Å². The van der Waals surface area contributed by atoms with Gasteiger partial charge in [0, 0.05) is 23.1 Å². The monoisotopic (exact) mass is 511 g/mol. The summed E-state index contributed by atoms with van der Waals surface area (Å²) in [6.45, 7) is 0. The molecule has 33 heavy (non-hydrogen) atoms. The molecule has 0 bridgehead atoms. The second kappa shape index (κ2) is 7.62. The molecule has 1 aromatic carbocycles. The van der Waals surface area contributed by atoms with E-state index in [-0.39, 0.29) is 40.2 Å². The van der Waals surface area contributed by atoms with E-state index in [1.54, 1.807) is 12.1 Å². The molecule has 5 rings (SSSR count). The van der Waals surface area contributed by atoms with E-state index in [1.807, 2.05) is 6.08 Å². The summed E-state index contributed by atoms with van der Waals surface area (Å²) >= 11 is 3.16. The van der Waals surface area contributed by atoms with Gasteiger partial charge in [-0.2, -0.15) is 4.90 Å². The number of ether oxygens (including phenoxy) is 1. The molecule has 4 aliphatic rings. The number of phenols is 1. The fourth-order valence-corrected chi connectivity index (χ4v) is 6.01. The van der Waals surface area contributed by atoms with Crippen molar-refractivity contribution in [1.29, 1.82) is 0 Å². The molecule has 0 saturated carbocycles. The molecule has 0 aromatic heterocycles. The summed E-state index contributed by atoms with van der Waals surface area (Å²) in [6.07, 6.45) is 2.36. The van der Waals surface area contributed by atoms with Crippen LogP contribution in [0, 0.1) is 17.8 Å². The van der Waals surface area contributed by atoms with Gasteiger partial charge in [0.05, 0.1) is 23.4 Å². The number of Topliss-reactive ketones (excluding diaryl/α,β-unsaturated/α-hetero) is 1. The molecule has 0 radical (unpaired) electrons. The van der Waals surface area contributed by atoms with Crippen molar-refractivity contribution in [2.45, 2.75) is 18.8 Å². The summed E-state index contributed by atoms with van der Waals surface area (Å²) in [5.41, 5.74) is 1.94. The first kappa shape index (κ1) is 21.5. The molecule has 0 unspecified atom stereocenters. The molecule has 9 heteroatoms. The van der Waals surface area contributed by atoms with Crippen LogP contribution in [0.5, 0.6) is 5.75 Å². The van der Waals surface area contributed by atoms with Crippen molar-refractivity contribution in [2.24, 2.45) is 17.8 Å². The molecule has 1 N–H and O–H groups in total. The maximum Gasteiger partial charge on any atom is 0.423 e. The van der Waals surface area contributed by atoms with E-state index in [0.29, 0.717) is 16.0 Å². The Bertz CT molecular complexity index is 1260. The van der Waals surface area contributed by atoms with Crippen molar-refractivity contribution in [3.05, 3.63) is 63.2 Å². The number of ketones is 2. The van der Waals surface area contributed by atoms with Crippen molar-refractivity contribution in [2.75, 3.05) is 7.11 Å². The first-order valence-corrected chi connectivity index (χ1v) is 11.2. The molecule has 1 aromatic rings. The normalized spacial score (nSPS) is 28.7. The van der Waals surface area contributed by atoms with Crippen molar-refractivity contribution < 1.29 is 33.8 Å². The summed E-state index contributed by atoms with van der Waals surface area (Å²) in [4.78, 5) is 64.9. The van der Waals surface area contributed by atoms with Gasteiger partial charge >= 0.3 is 6.09 Å². The van der Waals surface area contributed by atoms with Crippen LogP contribution in [0.3, 0.4) is 0 Å². The maximum atomic E-state index is 13.2. The highest BCUT2D eigenvalue weighted by Crippen LogP contribution is 2.55. The summed E-state index contributed by atoms with van der Waals surface area (Å²) in [6, 6.07) is 6.42. The standard InChI is InChI=1S/C24H18BrNO7/c1-33-24(32)26-22(30)13-6-5-12-14(19(13)23(26)31)8-15-20(17(28)9-16(25)21(15)29)18(12)10-3-2-4-11(27)7-10/h2-5,7,9,13-14,18-19,27H,6,8H2,1H3/t13-,14+,18-,19-/m0/s1. The summed E-state index contributed by atoms with van der Waals surface area (Å²) in [5, 5.41) is 10.1. The summed E-state index contributed by atoms with van der Waals surface area (Å²) in [7, 11) is 1.10. The third-order valence-corrected chi connectivity index (χ3v) is 7.48. The van der Waals surface area contributed by atoms with Crippen molar-refractivity contribution in [3.8, 4) is 5.75 Å². The zero-order valence-corrected chi connectivity index (χ0v) is 19.0. The lowest BCUT2D eigenvalue weighted by Crippen LogP contribution is -2.40. The zero-order valence-electron chi connectivity index (χ0n) is 17.4. The lowest BCUT2D eigenvalue weighted by Gasteiger charge is -2.42. The van der Waals surface area contributed by atoms with E-state index in [1.165, 1.54) is 18.2 Å². The van der Waals surface area contributed by atoms with E-state index in [9.17, 15) is 29.1 Å². The van der Waals surface area contributed by atoms with Crippen LogP contribution in [0.15, 0.2) is 57.6 Å². The smallest absolute Gasteiger partial charge is 0.423 e. The van der Waals surface area contributed by atoms with Crippen molar-refractivity contribution in [1.82, 2.24) is 4.90 Å². The zero-order chi connectivity index (χ0) is 23.6. The molecule has 1 saturated heterocycles. The number of hydrogen-bond donors (Lipinski definition) is 1. The van der Waals surface area contributed by atoms with E-state index < -0.39 is 41.6 Å². The number of carbonyl (C=O) groups excluding carboxylic acids is 5. The largest absolute Gasteiger partial charge is 0.508 e. The van der Waals surface area contributed by atoms with Crippen LogP contribution in [0.1, 0.15) is 24.3 Å². The van der Waals surface area contributed by atoms with Gasteiger partial charge in [-0.25, -0.2) is 4.79 Å². The van der Waals surface area contributed by atoms with Crippen LogP contribution in [0.25, 0.3) is 0 Å². The molecule has 3 aliphatic carbocycles. The van der Waals surface area contributed by atoms with Crippen LogP contribution in [0.4, 0.5) is 4.79 Å². The number of allylic oxidation sites excluding steroid dienone is 6. The second-order valence-corrected chi connectivity index (χ2v) is 9.32. The first-order valence-electron chi connectivity index (χ1n) is 10.4. The van der Waals surface area contributed by atoms with Crippen molar-refractivity contribution in [3.63, 3.8) is 0 Å². The van der Waals surface area contributed by atoms with Crippen LogP contribution < -0.4 is 0 Å². The minimum atomic E-state index is -1.03. The number of carbonyl (C=O) groups is 5. The molecule has 3 amide bonds. The summed E-state index contributed by atoms with van der Waals surface area (Å²) in [5.74, 6) is -4.76. The Kier molecular flexibility index (Phi) is 4.97. The number of rotatable bonds is 1. The number of aromatic hydroxyl groups is 1. The van der Waals surface area contributed by atoms with Gasteiger partial charge in [-0.05, 0) is 52.4 Å². The highest BCUT2D eigenvalue weighted by Gasteiger charge is 2.58. The Labute approximate surface area is 196 Å². The number of likely N-dealkylation sites (tertiary alicyclic amines) is 1. The predicted octanol–water partition coefficient (Wildman–Crippen LogP) is 2.92. The van der Waals surface area contributed by atoms with E-state index in [4.69, 9.17) is 0 Å². The Balaban J connectivity index is 1.68. The molecule has 1 fully saturated rings. The molecule has 8 nitrogen and oxygen atoms in total. The minimum absolute atomic E-state index is 0.00125. The number of nitrogens with zero attached hydrogens (tertiary/aromatic N) is 1. The molecule has 168 valence electrons. The number of methoxy groups -OCH3 is 1. The number of amides is 3. The van der Waals surface area contributed by atoms with Gasteiger partial charge in [-0.3, -0.25) is 19.2 Å². The van der Waals surface area contributed by atoms with Crippen LogP contribution in [-0.2, 0) is 23.9 Å². The lowest BCUT2D eigenvalue weighted by atomic mass is 9.59. The van der Waals surface area contributed by atoms with Crippen LogP contribution in [-0.4, -0.2) is 46.6 Å². The quantitative estimate of drug-likeness (QED) is 0.349. The fourth-order valence-electron chi connectivity index (χ4n) is 5.56. The number of halogens is 1. The highest BCUT2D eigenvalue weighted by atomic mass is 79.9. The van der Waals surface area contributed by atoms with Crippen molar-refractivity contribution >= 4 is 45.4 Å². The Morgan fingerprint density at radius 2 is 1.91 bits per heavy atom. The predicted molar refractivity (Wildman–Crippen MR) is 117 cm³/mol. The fraction of sp³-hybridized carbons (Fsp3) is 0.292. The molecule has 1 aliphatic heterocycles. The SMILES string of the molecule is COC(=O)N1C(=O)[C@H]2[C@H](CC=C3[C@H](c4cccc(O)c4)C4=C(C[C@H]32)C(=O)C(Br)=CC4=O)C1=O. The molecule has 0 spiro atoms. The molecule has 1 heterocycles. The second-order valence-electron chi connectivity index (χ2n) is 8.47. The van der Waals surface area contributed by atoms with Crippen LogP contribution >= 0.6 is 15.9 Å². The maximum absolute atomic E-state index is 13.2. The van der Waals surface area contributed by atoms with E-state index >= 15 is 0 Å². The topological polar surface area (TPSA) is 118 Å². The average Bonchev–Trinajstić information content (AvgIpc) is 3.05. The van der Waals surface area contributed by atoms with E-state index in [2.05, 4.69) is 20.7 Å². The highest BCUT2D eigenvalue weighted by molar-refractivity contribution is 9.12. The van der Waals surface area contributed by atoms with Gasteiger partial charge in [0.15, 0.2) is 11.6 Å². The molecular weight excluding hydrogens is 494 g/mol. The Hall–Kier alpha value is -3.33. The van der Waals surface area contributed by atoms with Gasteiger partial charge < -0.3 is 9.84 Å². The van der Waals surface area contributed by atoms with Gasteiger partial charge in [0.25, 0.3) is 0 Å². The minimum Gasteiger partial charge on any atom is -0.508 e. The number of imide groups is 3. The van der Waals surface area contributed by atoms with Gasteiger partial charge in [-0.15, -0.1) is 0 Å².